The first kappa shape index (κ1) is 7.03. The van der Waals surface area contributed by atoms with Crippen molar-refractivity contribution in [2.75, 3.05) is 19.6 Å². The second-order valence-electron chi connectivity index (χ2n) is 3.02. The minimum absolute atomic E-state index is 0.359. The summed E-state index contributed by atoms with van der Waals surface area (Å²) in [6.45, 7) is 7.84. The van der Waals surface area contributed by atoms with Gasteiger partial charge in [-0.15, -0.1) is 0 Å². The van der Waals surface area contributed by atoms with Crippen molar-refractivity contribution in [2.24, 2.45) is 0 Å². The smallest absolute Gasteiger partial charge is 0.0275 e. The number of piperazine rings is 1. The third-order valence-electron chi connectivity index (χ3n) is 2.15. The van der Waals surface area contributed by atoms with E-state index in [0.717, 1.165) is 19.6 Å². The first-order chi connectivity index (χ1) is 4.27. The van der Waals surface area contributed by atoms with Crippen LogP contribution in [0.15, 0.2) is 0 Å². The first-order valence-electron chi connectivity index (χ1n) is 3.72. The maximum absolute atomic E-state index is 3.48. The minimum Gasteiger partial charge on any atom is -0.314 e. The van der Waals surface area contributed by atoms with Gasteiger partial charge in [0, 0.05) is 25.2 Å². The molecule has 0 spiro atoms. The van der Waals surface area contributed by atoms with Crippen molar-refractivity contribution in [2.45, 2.75) is 25.8 Å². The zero-order chi connectivity index (χ0) is 6.74. The standard InChI is InChI=1S/C7H16N2/c1-3-7(2)6-8-4-5-9-7/h8-9H,3-6H2,1-2H3/t7-/m1/s1. The lowest BCUT2D eigenvalue weighted by Gasteiger charge is -2.34. The predicted octanol–water partition coefficient (Wildman–Crippen LogP) is 0.348. The van der Waals surface area contributed by atoms with E-state index in [-0.39, 0.29) is 0 Å². The van der Waals surface area contributed by atoms with Crippen LogP contribution in [-0.4, -0.2) is 25.2 Å². The Morgan fingerprint density at radius 1 is 1.44 bits per heavy atom. The molecule has 1 saturated heterocycles. The van der Waals surface area contributed by atoms with Gasteiger partial charge in [-0.25, -0.2) is 0 Å². The molecule has 2 heteroatoms. The fraction of sp³-hybridized carbons (Fsp3) is 1.00. The lowest BCUT2D eigenvalue weighted by Crippen LogP contribution is -2.56. The molecule has 2 N–H and O–H groups in total. The monoisotopic (exact) mass is 128 g/mol. The Bertz CT molecular complexity index is 84.9. The molecule has 1 atom stereocenters. The highest BCUT2D eigenvalue weighted by atomic mass is 15.1. The zero-order valence-corrected chi connectivity index (χ0v) is 6.33. The van der Waals surface area contributed by atoms with Gasteiger partial charge >= 0.3 is 0 Å². The van der Waals surface area contributed by atoms with Gasteiger partial charge in [-0.3, -0.25) is 0 Å². The molecular weight excluding hydrogens is 112 g/mol. The summed E-state index contributed by atoms with van der Waals surface area (Å²) in [6.07, 6.45) is 1.21. The molecule has 1 heterocycles. The fourth-order valence-corrected chi connectivity index (χ4v) is 1.13. The van der Waals surface area contributed by atoms with Gasteiger partial charge in [0.1, 0.15) is 0 Å². The molecule has 54 valence electrons. The summed E-state index contributed by atoms with van der Waals surface area (Å²) < 4.78 is 0. The van der Waals surface area contributed by atoms with E-state index in [1.165, 1.54) is 6.42 Å². The Morgan fingerprint density at radius 3 is 2.56 bits per heavy atom. The fourth-order valence-electron chi connectivity index (χ4n) is 1.13. The van der Waals surface area contributed by atoms with E-state index in [4.69, 9.17) is 0 Å². The van der Waals surface area contributed by atoms with Gasteiger partial charge in [0.15, 0.2) is 0 Å². The highest BCUT2D eigenvalue weighted by molar-refractivity contribution is 4.87. The molecular formula is C7H16N2. The number of hydrogen-bond donors (Lipinski definition) is 2. The molecule has 0 amide bonds. The molecule has 0 aliphatic carbocycles. The van der Waals surface area contributed by atoms with Gasteiger partial charge < -0.3 is 10.6 Å². The van der Waals surface area contributed by atoms with E-state index >= 15 is 0 Å². The molecule has 0 aromatic heterocycles. The van der Waals surface area contributed by atoms with Crippen molar-refractivity contribution < 1.29 is 0 Å². The molecule has 1 rings (SSSR count). The molecule has 0 unspecified atom stereocenters. The van der Waals surface area contributed by atoms with Gasteiger partial charge in [0.05, 0.1) is 0 Å². The SMILES string of the molecule is CC[C@]1(C)CNCCN1. The van der Waals surface area contributed by atoms with Crippen molar-refractivity contribution in [3.05, 3.63) is 0 Å². The quantitative estimate of drug-likeness (QED) is 0.532. The number of nitrogens with one attached hydrogen (secondary N) is 2. The lowest BCUT2D eigenvalue weighted by molar-refractivity contribution is 0.288. The van der Waals surface area contributed by atoms with Gasteiger partial charge in [0.25, 0.3) is 0 Å². The van der Waals surface area contributed by atoms with Crippen LogP contribution in [0.25, 0.3) is 0 Å². The van der Waals surface area contributed by atoms with Crippen molar-refractivity contribution in [1.29, 1.82) is 0 Å². The average molecular weight is 128 g/mol. The molecule has 9 heavy (non-hydrogen) atoms. The largest absolute Gasteiger partial charge is 0.314 e. The lowest BCUT2D eigenvalue weighted by atomic mass is 9.97. The van der Waals surface area contributed by atoms with E-state index in [0.29, 0.717) is 5.54 Å². The van der Waals surface area contributed by atoms with E-state index in [1.807, 2.05) is 0 Å². The summed E-state index contributed by atoms with van der Waals surface area (Å²) >= 11 is 0. The van der Waals surface area contributed by atoms with Crippen LogP contribution < -0.4 is 10.6 Å². The van der Waals surface area contributed by atoms with Crippen molar-refractivity contribution >= 4 is 0 Å². The topological polar surface area (TPSA) is 24.1 Å². The Kier molecular flexibility index (Phi) is 2.09. The van der Waals surface area contributed by atoms with Crippen LogP contribution >= 0.6 is 0 Å². The van der Waals surface area contributed by atoms with Gasteiger partial charge in [-0.1, -0.05) is 6.92 Å². The molecule has 1 aliphatic rings. The van der Waals surface area contributed by atoms with Crippen LogP contribution in [0.5, 0.6) is 0 Å². The average Bonchev–Trinajstić information content (AvgIpc) is 1.90. The molecule has 0 aromatic rings. The van der Waals surface area contributed by atoms with Gasteiger partial charge in [-0.2, -0.15) is 0 Å². The zero-order valence-electron chi connectivity index (χ0n) is 6.33. The summed E-state index contributed by atoms with van der Waals surface area (Å²) in [4.78, 5) is 0. The van der Waals surface area contributed by atoms with Crippen molar-refractivity contribution in [1.82, 2.24) is 10.6 Å². The molecule has 0 aromatic carbocycles. The number of hydrogen-bond acceptors (Lipinski definition) is 2. The number of rotatable bonds is 1. The Morgan fingerprint density at radius 2 is 2.22 bits per heavy atom. The van der Waals surface area contributed by atoms with Crippen LogP contribution in [0, 0.1) is 0 Å². The molecule has 0 radical (unpaired) electrons. The second kappa shape index (κ2) is 2.67. The highest BCUT2D eigenvalue weighted by Gasteiger charge is 2.22. The maximum atomic E-state index is 3.48. The third-order valence-corrected chi connectivity index (χ3v) is 2.15. The molecule has 0 saturated carbocycles. The minimum atomic E-state index is 0.359. The molecule has 2 nitrogen and oxygen atoms in total. The van der Waals surface area contributed by atoms with E-state index in [1.54, 1.807) is 0 Å². The predicted molar refractivity (Wildman–Crippen MR) is 39.6 cm³/mol. The Hall–Kier alpha value is -0.0800. The van der Waals surface area contributed by atoms with Crippen LogP contribution in [0.3, 0.4) is 0 Å². The molecule has 1 aliphatic heterocycles. The maximum Gasteiger partial charge on any atom is 0.0275 e. The summed E-state index contributed by atoms with van der Waals surface area (Å²) in [5.74, 6) is 0. The van der Waals surface area contributed by atoms with Crippen LogP contribution in [0.1, 0.15) is 20.3 Å². The van der Waals surface area contributed by atoms with Gasteiger partial charge in [-0.05, 0) is 13.3 Å². The summed E-state index contributed by atoms with van der Waals surface area (Å²) in [6, 6.07) is 0. The van der Waals surface area contributed by atoms with Crippen LogP contribution in [0.2, 0.25) is 0 Å². The van der Waals surface area contributed by atoms with E-state index in [2.05, 4.69) is 24.5 Å². The Labute approximate surface area is 57.0 Å². The summed E-state index contributed by atoms with van der Waals surface area (Å²) in [7, 11) is 0. The van der Waals surface area contributed by atoms with Crippen LogP contribution in [-0.2, 0) is 0 Å². The summed E-state index contributed by atoms with van der Waals surface area (Å²) in [5.41, 5.74) is 0.359. The van der Waals surface area contributed by atoms with Crippen molar-refractivity contribution in [3.8, 4) is 0 Å². The highest BCUT2D eigenvalue weighted by Crippen LogP contribution is 2.08. The molecule has 0 bridgehead atoms. The summed E-state index contributed by atoms with van der Waals surface area (Å²) in [5, 5.41) is 6.85. The third kappa shape index (κ3) is 1.66. The van der Waals surface area contributed by atoms with Gasteiger partial charge in [0.2, 0.25) is 0 Å². The normalized spacial score (nSPS) is 36.7. The van der Waals surface area contributed by atoms with Crippen molar-refractivity contribution in [3.63, 3.8) is 0 Å². The Balaban J connectivity index is 2.37. The second-order valence-corrected chi connectivity index (χ2v) is 3.02. The van der Waals surface area contributed by atoms with E-state index < -0.39 is 0 Å². The van der Waals surface area contributed by atoms with Crippen LogP contribution in [0.4, 0.5) is 0 Å². The van der Waals surface area contributed by atoms with E-state index in [9.17, 15) is 0 Å². The first-order valence-corrected chi connectivity index (χ1v) is 3.72. The molecule has 1 fully saturated rings.